The second-order valence-electron chi connectivity index (χ2n) is 5.48. The van der Waals surface area contributed by atoms with E-state index < -0.39 is 0 Å². The van der Waals surface area contributed by atoms with Crippen LogP contribution in [0.2, 0.25) is 0 Å². The molecule has 0 spiro atoms. The van der Waals surface area contributed by atoms with E-state index >= 15 is 0 Å². The summed E-state index contributed by atoms with van der Waals surface area (Å²) >= 11 is 0. The number of hydrogen-bond acceptors (Lipinski definition) is 2. The molecule has 0 aliphatic carbocycles. The summed E-state index contributed by atoms with van der Waals surface area (Å²) in [7, 11) is 0. The van der Waals surface area contributed by atoms with Crippen molar-refractivity contribution in [3.8, 4) is 0 Å². The highest BCUT2D eigenvalue weighted by molar-refractivity contribution is 5.76. The summed E-state index contributed by atoms with van der Waals surface area (Å²) in [6.07, 6.45) is 11.9. The molecule has 0 unspecified atom stereocenters. The molecular weight excluding hydrogens is 224 g/mol. The van der Waals surface area contributed by atoms with Crippen LogP contribution in [0.3, 0.4) is 0 Å². The number of unbranched alkanes of at least 4 members (excludes halogenated alkanes) is 6. The van der Waals surface area contributed by atoms with Crippen LogP contribution in [-0.2, 0) is 4.79 Å². The zero-order valence-electron chi connectivity index (χ0n) is 12.0. The van der Waals surface area contributed by atoms with Crippen molar-refractivity contribution in [1.82, 2.24) is 10.6 Å². The molecule has 0 aromatic rings. The summed E-state index contributed by atoms with van der Waals surface area (Å²) in [5.41, 5.74) is 0. The van der Waals surface area contributed by atoms with Gasteiger partial charge >= 0.3 is 0 Å². The fourth-order valence-corrected chi connectivity index (χ4v) is 2.52. The van der Waals surface area contributed by atoms with Gasteiger partial charge in [0.15, 0.2) is 0 Å². The van der Waals surface area contributed by atoms with E-state index in [1.807, 2.05) is 0 Å². The van der Waals surface area contributed by atoms with Gasteiger partial charge in [-0.15, -0.1) is 0 Å². The van der Waals surface area contributed by atoms with Gasteiger partial charge in [-0.25, -0.2) is 0 Å². The molecule has 0 saturated carbocycles. The monoisotopic (exact) mass is 254 g/mol. The topological polar surface area (TPSA) is 41.1 Å². The Kier molecular flexibility index (Phi) is 8.92. The average Bonchev–Trinajstić information content (AvgIpc) is 2.39. The first-order valence-corrected chi connectivity index (χ1v) is 7.83. The van der Waals surface area contributed by atoms with E-state index in [0.29, 0.717) is 12.5 Å². The third-order valence-corrected chi connectivity index (χ3v) is 3.67. The Morgan fingerprint density at radius 2 is 1.89 bits per heavy atom. The minimum absolute atomic E-state index is 0.247. The molecule has 0 radical (unpaired) electrons. The van der Waals surface area contributed by atoms with Gasteiger partial charge in [-0.2, -0.15) is 0 Å². The molecule has 0 bridgehead atoms. The fraction of sp³-hybridized carbons (Fsp3) is 0.933. The van der Waals surface area contributed by atoms with Crippen LogP contribution in [0.25, 0.3) is 0 Å². The van der Waals surface area contributed by atoms with Gasteiger partial charge in [0.2, 0.25) is 5.91 Å². The minimum atomic E-state index is 0.247. The molecule has 1 rings (SSSR count). The molecule has 18 heavy (non-hydrogen) atoms. The Labute approximate surface area is 112 Å². The Morgan fingerprint density at radius 1 is 1.17 bits per heavy atom. The van der Waals surface area contributed by atoms with Crippen LogP contribution in [0.4, 0.5) is 0 Å². The quantitative estimate of drug-likeness (QED) is 0.621. The van der Waals surface area contributed by atoms with E-state index in [1.54, 1.807) is 0 Å². The van der Waals surface area contributed by atoms with Crippen LogP contribution in [0, 0.1) is 0 Å². The van der Waals surface area contributed by atoms with Crippen molar-refractivity contribution in [3.05, 3.63) is 0 Å². The number of piperidine rings is 1. The van der Waals surface area contributed by atoms with E-state index in [4.69, 9.17) is 0 Å². The third-order valence-electron chi connectivity index (χ3n) is 3.67. The Hall–Kier alpha value is -0.570. The predicted octanol–water partition coefficient (Wildman–Crippen LogP) is 3.00. The van der Waals surface area contributed by atoms with E-state index in [0.717, 1.165) is 25.9 Å². The summed E-state index contributed by atoms with van der Waals surface area (Å²) < 4.78 is 0. The van der Waals surface area contributed by atoms with Crippen molar-refractivity contribution in [1.29, 1.82) is 0 Å². The van der Waals surface area contributed by atoms with Gasteiger partial charge in [-0.3, -0.25) is 4.79 Å². The number of hydrogen-bond donors (Lipinski definition) is 2. The largest absolute Gasteiger partial charge is 0.352 e. The molecule has 3 nitrogen and oxygen atoms in total. The van der Waals surface area contributed by atoms with Crippen LogP contribution < -0.4 is 10.6 Å². The normalized spacial score (nSPS) is 19.7. The van der Waals surface area contributed by atoms with Crippen molar-refractivity contribution in [2.24, 2.45) is 0 Å². The first-order chi connectivity index (χ1) is 8.83. The summed E-state index contributed by atoms with van der Waals surface area (Å²) in [5, 5.41) is 6.45. The average molecular weight is 254 g/mol. The van der Waals surface area contributed by atoms with Crippen LogP contribution >= 0.6 is 0 Å². The lowest BCUT2D eigenvalue weighted by Gasteiger charge is -2.23. The number of carbonyl (C=O) groups excluding carboxylic acids is 1. The predicted molar refractivity (Wildman–Crippen MR) is 76.6 cm³/mol. The van der Waals surface area contributed by atoms with Gasteiger partial charge in [0.05, 0.1) is 0 Å². The molecule has 1 heterocycles. The number of carbonyl (C=O) groups is 1. The maximum absolute atomic E-state index is 11.7. The van der Waals surface area contributed by atoms with E-state index in [-0.39, 0.29) is 5.91 Å². The molecule has 0 aromatic heterocycles. The number of rotatable bonds is 9. The second-order valence-corrected chi connectivity index (χ2v) is 5.48. The number of amides is 1. The molecular formula is C15H30N2O. The highest BCUT2D eigenvalue weighted by Crippen LogP contribution is 2.08. The first-order valence-electron chi connectivity index (χ1n) is 7.83. The molecule has 106 valence electrons. The maximum Gasteiger partial charge on any atom is 0.220 e. The van der Waals surface area contributed by atoms with E-state index in [2.05, 4.69) is 17.6 Å². The molecule has 1 aliphatic rings. The Morgan fingerprint density at radius 3 is 2.56 bits per heavy atom. The molecule has 1 saturated heterocycles. The van der Waals surface area contributed by atoms with E-state index in [1.165, 1.54) is 44.9 Å². The molecule has 0 aromatic carbocycles. The zero-order valence-corrected chi connectivity index (χ0v) is 12.0. The van der Waals surface area contributed by atoms with Crippen molar-refractivity contribution < 1.29 is 4.79 Å². The summed E-state index contributed by atoms with van der Waals surface area (Å²) in [6.45, 7) is 4.29. The molecule has 1 aliphatic heterocycles. The van der Waals surface area contributed by atoms with Crippen LogP contribution in [0.1, 0.15) is 71.1 Å². The van der Waals surface area contributed by atoms with Crippen molar-refractivity contribution in [3.63, 3.8) is 0 Å². The highest BCUT2D eigenvalue weighted by Gasteiger charge is 2.14. The lowest BCUT2D eigenvalue weighted by molar-refractivity contribution is -0.122. The standard InChI is InChI=1S/C15H30N2O/c1-2-3-4-5-6-7-8-11-15(18)17-14-10-9-12-16-13-14/h14,16H,2-13H2,1H3,(H,17,18)/t14-/m1/s1. The molecule has 3 heteroatoms. The van der Waals surface area contributed by atoms with Crippen LogP contribution in [0.15, 0.2) is 0 Å². The van der Waals surface area contributed by atoms with Gasteiger partial charge < -0.3 is 10.6 Å². The zero-order chi connectivity index (χ0) is 13.1. The fourth-order valence-electron chi connectivity index (χ4n) is 2.52. The summed E-state index contributed by atoms with van der Waals surface area (Å²) in [5.74, 6) is 0.247. The molecule has 1 fully saturated rings. The third kappa shape index (κ3) is 7.70. The van der Waals surface area contributed by atoms with Crippen molar-refractivity contribution >= 4 is 5.91 Å². The van der Waals surface area contributed by atoms with Gasteiger partial charge in [-0.1, -0.05) is 45.4 Å². The summed E-state index contributed by atoms with van der Waals surface area (Å²) in [6, 6.07) is 0.371. The molecule has 2 N–H and O–H groups in total. The van der Waals surface area contributed by atoms with Crippen molar-refractivity contribution in [2.45, 2.75) is 77.2 Å². The Bertz CT molecular complexity index is 213. The van der Waals surface area contributed by atoms with Gasteiger partial charge in [-0.05, 0) is 25.8 Å². The molecule has 1 atom stereocenters. The second kappa shape index (κ2) is 10.4. The van der Waals surface area contributed by atoms with Gasteiger partial charge in [0.25, 0.3) is 0 Å². The van der Waals surface area contributed by atoms with Gasteiger partial charge in [0, 0.05) is 19.0 Å². The van der Waals surface area contributed by atoms with E-state index in [9.17, 15) is 4.79 Å². The van der Waals surface area contributed by atoms with Crippen molar-refractivity contribution in [2.75, 3.05) is 13.1 Å². The van der Waals surface area contributed by atoms with Gasteiger partial charge in [0.1, 0.15) is 0 Å². The lowest BCUT2D eigenvalue weighted by Crippen LogP contribution is -2.45. The smallest absolute Gasteiger partial charge is 0.220 e. The number of nitrogens with one attached hydrogen (secondary N) is 2. The minimum Gasteiger partial charge on any atom is -0.352 e. The van der Waals surface area contributed by atoms with Crippen LogP contribution in [0.5, 0.6) is 0 Å². The lowest BCUT2D eigenvalue weighted by atomic mass is 10.1. The highest BCUT2D eigenvalue weighted by atomic mass is 16.1. The summed E-state index contributed by atoms with van der Waals surface area (Å²) in [4.78, 5) is 11.7. The maximum atomic E-state index is 11.7. The Balaban J connectivity index is 1.90. The molecule has 1 amide bonds. The SMILES string of the molecule is CCCCCCCCCC(=O)N[C@@H]1CCCNC1. The first kappa shape index (κ1) is 15.5. The van der Waals surface area contributed by atoms with Crippen LogP contribution in [-0.4, -0.2) is 25.0 Å².